The molecule has 0 radical (unpaired) electrons. The SMILES string of the molecule is CC(C)OP(=O)(OC(C)C)/C(Br)=N/Nc1ccc(C(=O)O)cc1. The zero-order chi connectivity index (χ0) is 17.6. The topological polar surface area (TPSA) is 97.2 Å². The summed E-state index contributed by atoms with van der Waals surface area (Å²) in [6.45, 7) is 6.98. The Morgan fingerprint density at radius 3 is 2.04 bits per heavy atom. The number of carbonyl (C=O) groups is 1. The predicted molar refractivity (Wildman–Crippen MR) is 93.4 cm³/mol. The number of halogens is 1. The number of nitrogens with zero attached hydrogens (tertiary/aromatic N) is 1. The van der Waals surface area contributed by atoms with Gasteiger partial charge in [-0.05, 0) is 67.9 Å². The summed E-state index contributed by atoms with van der Waals surface area (Å²) in [7, 11) is -3.57. The van der Waals surface area contributed by atoms with Crippen LogP contribution in [0, 0.1) is 0 Å². The smallest absolute Gasteiger partial charge is 0.388 e. The highest BCUT2D eigenvalue weighted by Gasteiger charge is 2.33. The van der Waals surface area contributed by atoms with Gasteiger partial charge >= 0.3 is 13.6 Å². The van der Waals surface area contributed by atoms with Crippen molar-refractivity contribution < 1.29 is 23.5 Å². The molecule has 0 heterocycles. The molecule has 0 aliphatic carbocycles. The van der Waals surface area contributed by atoms with Crippen LogP contribution in [0.3, 0.4) is 0 Å². The monoisotopic (exact) mass is 406 g/mol. The van der Waals surface area contributed by atoms with Gasteiger partial charge in [-0.2, -0.15) is 5.10 Å². The van der Waals surface area contributed by atoms with Gasteiger partial charge in [-0.3, -0.25) is 9.99 Å². The molecule has 0 spiro atoms. The summed E-state index contributed by atoms with van der Waals surface area (Å²) < 4.78 is 23.5. The average Bonchev–Trinajstić information content (AvgIpc) is 2.43. The van der Waals surface area contributed by atoms with E-state index >= 15 is 0 Å². The molecule has 0 aliphatic heterocycles. The minimum atomic E-state index is -3.57. The van der Waals surface area contributed by atoms with Crippen LogP contribution in [0.2, 0.25) is 0 Å². The van der Waals surface area contributed by atoms with Crippen molar-refractivity contribution in [3.8, 4) is 0 Å². The molecule has 0 saturated heterocycles. The predicted octanol–water partition coefficient (Wildman–Crippen LogP) is 4.51. The second-order valence-corrected chi connectivity index (χ2v) is 8.39. The quantitative estimate of drug-likeness (QED) is 0.374. The highest BCUT2D eigenvalue weighted by molar-refractivity contribution is 9.20. The summed E-state index contributed by atoms with van der Waals surface area (Å²) in [5.74, 6) is -1.01. The van der Waals surface area contributed by atoms with Crippen molar-refractivity contribution in [2.45, 2.75) is 39.9 Å². The first-order valence-electron chi connectivity index (χ1n) is 6.94. The van der Waals surface area contributed by atoms with E-state index in [0.717, 1.165) is 0 Å². The van der Waals surface area contributed by atoms with E-state index in [1.807, 2.05) is 0 Å². The van der Waals surface area contributed by atoms with Crippen molar-refractivity contribution in [2.24, 2.45) is 5.10 Å². The number of aromatic carboxylic acids is 1. The normalized spacial score (nSPS) is 12.7. The van der Waals surface area contributed by atoms with Gasteiger partial charge in [0.25, 0.3) is 0 Å². The second-order valence-electron chi connectivity index (χ2n) is 5.18. The number of carboxylic acids is 1. The Hall–Kier alpha value is -1.21. The molecule has 0 saturated carbocycles. The number of benzene rings is 1. The van der Waals surface area contributed by atoms with E-state index < -0.39 is 13.6 Å². The van der Waals surface area contributed by atoms with Crippen molar-refractivity contribution in [3.63, 3.8) is 0 Å². The van der Waals surface area contributed by atoms with Crippen LogP contribution in [0.4, 0.5) is 5.69 Å². The van der Waals surface area contributed by atoms with Gasteiger partial charge in [0.2, 0.25) is 4.36 Å². The summed E-state index contributed by atoms with van der Waals surface area (Å²) in [5.41, 5.74) is 3.38. The Morgan fingerprint density at radius 1 is 1.17 bits per heavy atom. The third-order valence-corrected chi connectivity index (χ3v) is 5.76. The molecule has 0 aliphatic rings. The van der Waals surface area contributed by atoms with Crippen LogP contribution < -0.4 is 5.43 Å². The number of anilines is 1. The van der Waals surface area contributed by atoms with Crippen molar-refractivity contribution in [1.29, 1.82) is 0 Å². The first kappa shape index (κ1) is 19.8. The van der Waals surface area contributed by atoms with Crippen molar-refractivity contribution in [1.82, 2.24) is 0 Å². The highest BCUT2D eigenvalue weighted by atomic mass is 79.9. The van der Waals surface area contributed by atoms with Gasteiger partial charge in [-0.1, -0.05) is 0 Å². The molecular formula is C14H20BrN2O5P. The summed E-state index contributed by atoms with van der Waals surface area (Å²) >= 11 is 3.13. The van der Waals surface area contributed by atoms with Gasteiger partial charge in [0.05, 0.1) is 23.5 Å². The Morgan fingerprint density at radius 2 is 1.65 bits per heavy atom. The molecule has 0 bridgehead atoms. The minimum absolute atomic E-state index is 0.00899. The Kier molecular flexibility index (Phi) is 7.41. The zero-order valence-corrected chi connectivity index (χ0v) is 15.8. The fourth-order valence-corrected chi connectivity index (χ4v) is 3.62. The van der Waals surface area contributed by atoms with Crippen LogP contribution in [-0.4, -0.2) is 27.6 Å². The van der Waals surface area contributed by atoms with E-state index in [9.17, 15) is 9.36 Å². The van der Waals surface area contributed by atoms with Crippen molar-refractivity contribution >= 4 is 39.5 Å². The fourth-order valence-electron chi connectivity index (χ4n) is 1.53. The molecular weight excluding hydrogens is 387 g/mol. The first-order chi connectivity index (χ1) is 10.6. The summed E-state index contributed by atoms with van der Waals surface area (Å²) in [5, 5.41) is 12.8. The van der Waals surface area contributed by atoms with Crippen LogP contribution in [0.1, 0.15) is 38.1 Å². The molecule has 0 amide bonds. The van der Waals surface area contributed by atoms with Crippen LogP contribution in [-0.2, 0) is 13.6 Å². The molecule has 1 aromatic rings. The maximum atomic E-state index is 12.8. The molecule has 1 aromatic carbocycles. The highest BCUT2D eigenvalue weighted by Crippen LogP contribution is 2.53. The lowest BCUT2D eigenvalue weighted by atomic mass is 10.2. The first-order valence-corrected chi connectivity index (χ1v) is 9.27. The molecule has 0 aromatic heterocycles. The van der Waals surface area contributed by atoms with Crippen molar-refractivity contribution in [2.75, 3.05) is 5.43 Å². The lowest BCUT2D eigenvalue weighted by molar-refractivity contribution is 0.0697. The minimum Gasteiger partial charge on any atom is -0.478 e. The van der Waals surface area contributed by atoms with E-state index in [0.29, 0.717) is 5.69 Å². The van der Waals surface area contributed by atoms with E-state index in [-0.39, 0.29) is 22.1 Å². The number of hydrogen-bond donors (Lipinski definition) is 2. The van der Waals surface area contributed by atoms with Gasteiger partial charge in [-0.15, -0.1) is 0 Å². The van der Waals surface area contributed by atoms with E-state index in [1.165, 1.54) is 12.1 Å². The number of hydrazone groups is 1. The summed E-state index contributed by atoms with van der Waals surface area (Å²) in [4.78, 5) is 10.8. The number of carboxylic acid groups (broad SMARTS) is 1. The van der Waals surface area contributed by atoms with E-state index in [1.54, 1.807) is 39.8 Å². The Labute approximate surface area is 143 Å². The molecule has 0 fully saturated rings. The lowest BCUT2D eigenvalue weighted by Gasteiger charge is -2.21. The summed E-state index contributed by atoms with van der Waals surface area (Å²) in [6, 6.07) is 5.96. The second kappa shape index (κ2) is 8.59. The van der Waals surface area contributed by atoms with E-state index in [4.69, 9.17) is 14.2 Å². The number of hydrogen-bond acceptors (Lipinski definition) is 6. The molecule has 9 heteroatoms. The molecule has 1 rings (SSSR count). The fraction of sp³-hybridized carbons (Fsp3) is 0.429. The lowest BCUT2D eigenvalue weighted by Crippen LogP contribution is -2.12. The van der Waals surface area contributed by atoms with Crippen LogP contribution >= 0.6 is 23.5 Å². The third kappa shape index (κ3) is 6.43. The number of rotatable bonds is 8. The molecule has 2 N–H and O–H groups in total. The Balaban J connectivity index is 2.90. The molecule has 23 heavy (non-hydrogen) atoms. The standard InChI is InChI=1S/C14H20BrN2O5P/c1-9(2)21-23(20,22-10(3)4)14(15)17-16-12-7-5-11(6-8-12)13(18)19/h5-10,16H,1-4H3,(H,18,19)/b17-14+. The summed E-state index contributed by atoms with van der Waals surface area (Å²) in [6.07, 6.45) is -0.616. The third-order valence-electron chi connectivity index (χ3n) is 2.33. The molecule has 0 unspecified atom stereocenters. The average molecular weight is 407 g/mol. The van der Waals surface area contributed by atoms with Gasteiger partial charge in [0.15, 0.2) is 0 Å². The largest absolute Gasteiger partial charge is 0.478 e. The zero-order valence-electron chi connectivity index (χ0n) is 13.3. The van der Waals surface area contributed by atoms with Crippen molar-refractivity contribution in [3.05, 3.63) is 29.8 Å². The van der Waals surface area contributed by atoms with Gasteiger partial charge in [0.1, 0.15) is 0 Å². The Bertz CT molecular complexity index is 602. The maximum Gasteiger partial charge on any atom is 0.388 e. The number of nitrogens with one attached hydrogen (secondary N) is 1. The maximum absolute atomic E-state index is 12.8. The molecule has 128 valence electrons. The van der Waals surface area contributed by atoms with Crippen LogP contribution in [0.5, 0.6) is 0 Å². The van der Waals surface area contributed by atoms with Crippen LogP contribution in [0.25, 0.3) is 0 Å². The van der Waals surface area contributed by atoms with Gasteiger partial charge in [0, 0.05) is 0 Å². The van der Waals surface area contributed by atoms with E-state index in [2.05, 4.69) is 26.5 Å². The molecule has 0 atom stereocenters. The van der Waals surface area contributed by atoms with Crippen LogP contribution in [0.15, 0.2) is 29.4 Å². The molecule has 7 nitrogen and oxygen atoms in total. The van der Waals surface area contributed by atoms with Gasteiger partial charge in [-0.25, -0.2) is 4.79 Å². The van der Waals surface area contributed by atoms with Gasteiger partial charge < -0.3 is 14.2 Å².